The number of amides is 1. The van der Waals surface area contributed by atoms with Gasteiger partial charge in [-0.15, -0.1) is 0 Å². The Hall–Kier alpha value is -3.52. The Kier molecular flexibility index (Phi) is 6.36. The molecule has 0 saturated carbocycles. The van der Waals surface area contributed by atoms with Crippen LogP contribution in [0, 0.1) is 0 Å². The van der Waals surface area contributed by atoms with Crippen LogP contribution < -0.4 is 15.8 Å². The highest BCUT2D eigenvalue weighted by Crippen LogP contribution is 2.17. The normalized spacial score (nSPS) is 10.5. The van der Waals surface area contributed by atoms with Crippen molar-refractivity contribution in [2.45, 2.75) is 6.54 Å². The van der Waals surface area contributed by atoms with E-state index >= 15 is 0 Å². The van der Waals surface area contributed by atoms with Crippen LogP contribution in [0.2, 0.25) is 5.02 Å². The Balaban J connectivity index is 1.55. The minimum Gasteiger partial charge on any atom is -0.492 e. The SMILES string of the molecule is Nc1nn(Cc2cccc(C(=O)O)c2)cc1C(=O)NCCOc1cccc(Cl)c1. The Morgan fingerprint density at radius 2 is 2.00 bits per heavy atom. The Morgan fingerprint density at radius 1 is 1.21 bits per heavy atom. The second kappa shape index (κ2) is 9.11. The van der Waals surface area contributed by atoms with E-state index in [9.17, 15) is 9.59 Å². The van der Waals surface area contributed by atoms with Crippen LogP contribution in [0.25, 0.3) is 0 Å². The van der Waals surface area contributed by atoms with Gasteiger partial charge in [-0.2, -0.15) is 5.10 Å². The number of nitrogens with two attached hydrogens (primary N) is 1. The highest BCUT2D eigenvalue weighted by Gasteiger charge is 2.14. The zero-order valence-corrected chi connectivity index (χ0v) is 16.1. The highest BCUT2D eigenvalue weighted by atomic mass is 35.5. The quantitative estimate of drug-likeness (QED) is 0.487. The number of ether oxygens (including phenoxy) is 1. The van der Waals surface area contributed by atoms with Gasteiger partial charge in [0.1, 0.15) is 17.9 Å². The number of nitrogens with one attached hydrogen (secondary N) is 1. The predicted octanol–water partition coefficient (Wildman–Crippen LogP) is 2.67. The lowest BCUT2D eigenvalue weighted by atomic mass is 10.1. The Bertz CT molecular complexity index is 1030. The van der Waals surface area contributed by atoms with Gasteiger partial charge in [-0.3, -0.25) is 9.48 Å². The summed E-state index contributed by atoms with van der Waals surface area (Å²) < 4.78 is 7.01. The van der Waals surface area contributed by atoms with Crippen molar-refractivity contribution in [2.24, 2.45) is 0 Å². The summed E-state index contributed by atoms with van der Waals surface area (Å²) in [6.45, 7) is 0.829. The summed E-state index contributed by atoms with van der Waals surface area (Å²) in [6.07, 6.45) is 1.52. The number of halogens is 1. The second-order valence-electron chi connectivity index (χ2n) is 6.19. The van der Waals surface area contributed by atoms with Gasteiger partial charge in [0.2, 0.25) is 0 Å². The number of carboxylic acid groups (broad SMARTS) is 1. The summed E-state index contributed by atoms with van der Waals surface area (Å²) in [7, 11) is 0. The molecule has 2 aromatic carbocycles. The second-order valence-corrected chi connectivity index (χ2v) is 6.63. The van der Waals surface area contributed by atoms with Crippen LogP contribution in [0.5, 0.6) is 5.75 Å². The maximum atomic E-state index is 12.3. The minimum absolute atomic E-state index is 0.0904. The van der Waals surface area contributed by atoms with Gasteiger partial charge in [0, 0.05) is 11.2 Å². The third-order valence-corrected chi connectivity index (χ3v) is 4.24. The molecule has 8 nitrogen and oxygen atoms in total. The van der Waals surface area contributed by atoms with Crippen molar-refractivity contribution in [1.82, 2.24) is 15.1 Å². The van der Waals surface area contributed by atoms with Crippen LogP contribution in [-0.2, 0) is 6.54 Å². The molecule has 0 atom stereocenters. The Labute approximate surface area is 171 Å². The van der Waals surface area contributed by atoms with Gasteiger partial charge >= 0.3 is 5.97 Å². The monoisotopic (exact) mass is 414 g/mol. The van der Waals surface area contributed by atoms with E-state index in [1.165, 1.54) is 16.9 Å². The molecule has 0 aliphatic carbocycles. The fourth-order valence-electron chi connectivity index (χ4n) is 2.67. The maximum Gasteiger partial charge on any atom is 0.335 e. The predicted molar refractivity (Wildman–Crippen MR) is 108 cm³/mol. The summed E-state index contributed by atoms with van der Waals surface area (Å²) in [5.41, 5.74) is 7.00. The van der Waals surface area contributed by atoms with Gasteiger partial charge in [-0.1, -0.05) is 29.8 Å². The average Bonchev–Trinajstić information content (AvgIpc) is 3.05. The third-order valence-electron chi connectivity index (χ3n) is 4.01. The molecule has 0 aliphatic rings. The lowest BCUT2D eigenvalue weighted by molar-refractivity contribution is 0.0696. The number of nitrogen functional groups attached to an aromatic ring is 1. The molecule has 0 aliphatic heterocycles. The van der Waals surface area contributed by atoms with Crippen molar-refractivity contribution in [3.8, 4) is 5.75 Å². The van der Waals surface area contributed by atoms with Crippen molar-refractivity contribution in [3.63, 3.8) is 0 Å². The molecule has 1 aromatic heterocycles. The lowest BCUT2D eigenvalue weighted by Gasteiger charge is -2.07. The molecule has 0 spiro atoms. The van der Waals surface area contributed by atoms with Crippen LogP contribution in [0.1, 0.15) is 26.3 Å². The zero-order valence-electron chi connectivity index (χ0n) is 15.3. The van der Waals surface area contributed by atoms with E-state index in [1.807, 2.05) is 0 Å². The number of rotatable bonds is 8. The zero-order chi connectivity index (χ0) is 20.8. The van der Waals surface area contributed by atoms with Crippen LogP contribution in [-0.4, -0.2) is 39.9 Å². The van der Waals surface area contributed by atoms with Crippen LogP contribution >= 0.6 is 11.6 Å². The molecule has 0 saturated heterocycles. The number of carbonyl (C=O) groups is 2. The number of hydrogen-bond acceptors (Lipinski definition) is 5. The number of hydrogen-bond donors (Lipinski definition) is 3. The smallest absolute Gasteiger partial charge is 0.335 e. The van der Waals surface area contributed by atoms with Gasteiger partial charge in [-0.05, 0) is 35.9 Å². The molecular weight excluding hydrogens is 396 g/mol. The minimum atomic E-state index is -1.01. The van der Waals surface area contributed by atoms with Gasteiger partial charge in [0.15, 0.2) is 5.82 Å². The van der Waals surface area contributed by atoms with Gasteiger partial charge in [-0.25, -0.2) is 4.79 Å². The third kappa shape index (κ3) is 5.49. The molecule has 0 radical (unpaired) electrons. The first-order chi connectivity index (χ1) is 13.9. The topological polar surface area (TPSA) is 119 Å². The number of aromatic nitrogens is 2. The van der Waals surface area contributed by atoms with E-state index in [4.69, 9.17) is 27.2 Å². The van der Waals surface area contributed by atoms with Crippen molar-refractivity contribution >= 4 is 29.3 Å². The molecule has 29 heavy (non-hydrogen) atoms. The molecule has 3 aromatic rings. The van der Waals surface area contributed by atoms with Crippen molar-refractivity contribution in [2.75, 3.05) is 18.9 Å². The standard InChI is InChI=1S/C20H19ClN4O4/c21-15-5-2-6-16(10-15)29-8-7-23-19(26)17-12-25(24-18(17)22)11-13-3-1-4-14(9-13)20(27)28/h1-6,9-10,12H,7-8,11H2,(H2,22,24)(H,23,26)(H,27,28). The van der Waals surface area contributed by atoms with Gasteiger partial charge < -0.3 is 20.9 Å². The van der Waals surface area contributed by atoms with Crippen molar-refractivity contribution < 1.29 is 19.4 Å². The Morgan fingerprint density at radius 3 is 2.76 bits per heavy atom. The molecule has 0 unspecified atom stereocenters. The molecule has 3 rings (SSSR count). The molecule has 0 fully saturated rings. The van der Waals surface area contributed by atoms with Crippen LogP contribution in [0.3, 0.4) is 0 Å². The van der Waals surface area contributed by atoms with E-state index in [0.717, 1.165) is 5.56 Å². The van der Waals surface area contributed by atoms with Gasteiger partial charge in [0.25, 0.3) is 5.91 Å². The summed E-state index contributed by atoms with van der Waals surface area (Å²) in [4.78, 5) is 23.4. The van der Waals surface area contributed by atoms with Gasteiger partial charge in [0.05, 0.1) is 18.7 Å². The number of benzene rings is 2. The van der Waals surface area contributed by atoms with E-state index in [-0.39, 0.29) is 42.5 Å². The summed E-state index contributed by atoms with van der Waals surface area (Å²) in [5, 5.41) is 16.5. The first-order valence-electron chi connectivity index (χ1n) is 8.74. The molecule has 4 N–H and O–H groups in total. The molecule has 1 amide bonds. The van der Waals surface area contributed by atoms with E-state index < -0.39 is 5.97 Å². The summed E-state index contributed by atoms with van der Waals surface area (Å²) in [6, 6.07) is 13.5. The molecule has 0 bridgehead atoms. The number of carbonyl (C=O) groups excluding carboxylic acids is 1. The first-order valence-corrected chi connectivity index (χ1v) is 9.12. The highest BCUT2D eigenvalue weighted by molar-refractivity contribution is 6.30. The van der Waals surface area contributed by atoms with Crippen molar-refractivity contribution in [1.29, 1.82) is 0 Å². The number of nitrogens with zero attached hydrogens (tertiary/aromatic N) is 2. The average molecular weight is 415 g/mol. The molecular formula is C20H19ClN4O4. The van der Waals surface area contributed by atoms with Crippen LogP contribution in [0.4, 0.5) is 5.82 Å². The number of anilines is 1. The number of aromatic carboxylic acids is 1. The molecule has 1 heterocycles. The summed E-state index contributed by atoms with van der Waals surface area (Å²) >= 11 is 5.89. The van der Waals surface area contributed by atoms with Crippen LogP contribution in [0.15, 0.2) is 54.7 Å². The fourth-order valence-corrected chi connectivity index (χ4v) is 2.85. The largest absolute Gasteiger partial charge is 0.492 e. The lowest BCUT2D eigenvalue weighted by Crippen LogP contribution is -2.28. The fraction of sp³-hybridized carbons (Fsp3) is 0.150. The molecule has 150 valence electrons. The van der Waals surface area contributed by atoms with E-state index in [0.29, 0.717) is 10.8 Å². The maximum absolute atomic E-state index is 12.3. The molecule has 9 heteroatoms. The first kappa shape index (κ1) is 20.2. The van der Waals surface area contributed by atoms with Crippen molar-refractivity contribution in [3.05, 3.63) is 76.4 Å². The van der Waals surface area contributed by atoms with E-state index in [1.54, 1.807) is 42.5 Å². The summed E-state index contributed by atoms with van der Waals surface area (Å²) in [5.74, 6) is -0.676. The number of carboxylic acids is 1. The van der Waals surface area contributed by atoms with E-state index in [2.05, 4.69) is 10.4 Å².